The number of fused-ring (bicyclic) bond motifs is 2. The lowest BCUT2D eigenvalue weighted by Crippen LogP contribution is -3.06. The van der Waals surface area contributed by atoms with Crippen LogP contribution in [0.25, 0.3) is 10.9 Å². The van der Waals surface area contributed by atoms with E-state index in [4.69, 9.17) is 26.4 Å². The number of methoxy groups -OCH3 is 1. The van der Waals surface area contributed by atoms with Gasteiger partial charge in [0.25, 0.3) is 5.56 Å². The van der Waals surface area contributed by atoms with Crippen molar-refractivity contribution in [2.45, 2.75) is 6.54 Å². The molecule has 0 atom stereocenters. The van der Waals surface area contributed by atoms with Gasteiger partial charge in [0.1, 0.15) is 0 Å². The van der Waals surface area contributed by atoms with Gasteiger partial charge in [0.05, 0.1) is 45.9 Å². The lowest BCUT2D eigenvalue weighted by molar-refractivity contribution is -0.857. The van der Waals surface area contributed by atoms with Gasteiger partial charge in [0.15, 0.2) is 16.6 Å². The smallest absolute Gasteiger partial charge is 0.253 e. The van der Waals surface area contributed by atoms with E-state index in [1.54, 1.807) is 13.2 Å². The summed E-state index contributed by atoms with van der Waals surface area (Å²) >= 11 is 5.55. The maximum atomic E-state index is 12.6. The van der Waals surface area contributed by atoms with Gasteiger partial charge in [-0.05, 0) is 24.4 Å². The monoisotopic (exact) mass is 407 g/mol. The Morgan fingerprint density at radius 1 is 1.32 bits per heavy atom. The number of likely N-dealkylation sites (N-methyl/N-ethyl adjacent to an activating group) is 1. The summed E-state index contributed by atoms with van der Waals surface area (Å²) in [6, 6.07) is 5.58. The van der Waals surface area contributed by atoms with E-state index in [1.165, 1.54) is 4.90 Å². The molecule has 1 aliphatic rings. The molecule has 0 saturated carbocycles. The van der Waals surface area contributed by atoms with Gasteiger partial charge in [-0.25, -0.2) is 0 Å². The minimum Gasteiger partial charge on any atom is -0.454 e. The van der Waals surface area contributed by atoms with Crippen LogP contribution in [0.2, 0.25) is 0 Å². The molecule has 152 valence electrons. The van der Waals surface area contributed by atoms with Crippen molar-refractivity contribution in [2.24, 2.45) is 0 Å². The molecule has 3 N–H and O–H groups in total. The number of rotatable bonds is 8. The van der Waals surface area contributed by atoms with E-state index in [1.807, 2.05) is 17.0 Å². The Labute approximate surface area is 169 Å². The first-order valence-electron chi connectivity index (χ1n) is 9.24. The Hall–Kier alpha value is -2.36. The first-order valence-corrected chi connectivity index (χ1v) is 9.65. The van der Waals surface area contributed by atoms with Crippen LogP contribution in [0.3, 0.4) is 0 Å². The molecule has 0 fully saturated rings. The zero-order chi connectivity index (χ0) is 20.1. The van der Waals surface area contributed by atoms with Crippen LogP contribution in [-0.4, -0.2) is 69.2 Å². The lowest BCUT2D eigenvalue weighted by atomic mass is 10.1. The summed E-state index contributed by atoms with van der Waals surface area (Å²) < 4.78 is 15.9. The summed E-state index contributed by atoms with van der Waals surface area (Å²) in [6.07, 6.45) is 0. The number of hydrogen-bond acceptors (Lipinski definition) is 5. The average Bonchev–Trinajstić information content (AvgIpc) is 3.10. The minimum absolute atomic E-state index is 0.131. The third kappa shape index (κ3) is 4.92. The zero-order valence-electron chi connectivity index (χ0n) is 16.5. The Kier molecular flexibility index (Phi) is 6.71. The number of H-pyrrole nitrogens is 1. The highest BCUT2D eigenvalue weighted by Gasteiger charge is 2.17. The second-order valence-electron chi connectivity index (χ2n) is 7.02. The molecule has 0 unspecified atom stereocenters. The molecule has 1 aromatic heterocycles. The van der Waals surface area contributed by atoms with E-state index in [9.17, 15) is 4.79 Å². The zero-order valence-corrected chi connectivity index (χ0v) is 17.3. The predicted molar refractivity (Wildman–Crippen MR) is 111 cm³/mol. The van der Waals surface area contributed by atoms with Crippen LogP contribution in [0, 0.1) is 0 Å². The van der Waals surface area contributed by atoms with Crippen LogP contribution in [-0.2, 0) is 11.3 Å². The molecule has 2 aromatic rings. The number of hydrogen-bond donors (Lipinski definition) is 3. The van der Waals surface area contributed by atoms with Crippen molar-refractivity contribution in [2.75, 3.05) is 54.2 Å². The molecule has 2 heterocycles. The van der Waals surface area contributed by atoms with Crippen LogP contribution in [0.4, 0.5) is 0 Å². The molecule has 0 radical (unpaired) electrons. The van der Waals surface area contributed by atoms with Crippen molar-refractivity contribution in [1.82, 2.24) is 15.2 Å². The van der Waals surface area contributed by atoms with Crippen LogP contribution in [0.5, 0.6) is 11.5 Å². The summed E-state index contributed by atoms with van der Waals surface area (Å²) in [5.41, 5.74) is 1.24. The molecular formula is C19H27N4O4S+. The molecule has 0 bridgehead atoms. The predicted octanol–water partition coefficient (Wildman–Crippen LogP) is -0.276. The van der Waals surface area contributed by atoms with Crippen LogP contribution < -0.4 is 25.2 Å². The van der Waals surface area contributed by atoms with Crippen molar-refractivity contribution >= 4 is 28.2 Å². The minimum atomic E-state index is -0.131. The number of aromatic amines is 1. The van der Waals surface area contributed by atoms with Crippen LogP contribution in [0.1, 0.15) is 5.56 Å². The van der Waals surface area contributed by atoms with E-state index >= 15 is 0 Å². The SMILES string of the molecule is COCCNC(=S)N(CC[NH+](C)C)Cc1cc2cc3c(cc2[nH]c1=O)OCO3. The van der Waals surface area contributed by atoms with Gasteiger partial charge in [-0.15, -0.1) is 0 Å². The Morgan fingerprint density at radius 3 is 2.79 bits per heavy atom. The maximum absolute atomic E-state index is 12.6. The van der Waals surface area contributed by atoms with E-state index in [0.717, 1.165) is 24.0 Å². The van der Waals surface area contributed by atoms with Crippen LogP contribution >= 0.6 is 12.2 Å². The Bertz CT molecular complexity index is 899. The second-order valence-corrected chi connectivity index (χ2v) is 7.41. The van der Waals surface area contributed by atoms with Gasteiger partial charge in [0.2, 0.25) is 6.79 Å². The summed E-state index contributed by atoms with van der Waals surface area (Å²) in [7, 11) is 5.83. The fourth-order valence-corrected chi connectivity index (χ4v) is 3.20. The highest BCUT2D eigenvalue weighted by atomic mass is 32.1. The molecule has 0 aliphatic carbocycles. The quantitative estimate of drug-likeness (QED) is 0.410. The number of thiocarbonyl (C=S) groups is 1. The molecule has 8 nitrogen and oxygen atoms in total. The molecular weight excluding hydrogens is 380 g/mol. The second kappa shape index (κ2) is 9.22. The molecule has 1 aliphatic heterocycles. The highest BCUT2D eigenvalue weighted by Crippen LogP contribution is 2.35. The molecule has 28 heavy (non-hydrogen) atoms. The van der Waals surface area contributed by atoms with Crippen molar-refractivity contribution in [1.29, 1.82) is 0 Å². The van der Waals surface area contributed by atoms with Gasteiger partial charge < -0.3 is 34.3 Å². The maximum Gasteiger partial charge on any atom is 0.253 e. The summed E-state index contributed by atoms with van der Waals surface area (Å²) in [6.45, 7) is 3.45. The number of nitrogens with one attached hydrogen (secondary N) is 3. The standard InChI is InChI=1S/C19H26N4O4S/c1-22(2)5-6-23(19(28)20-4-7-25-3)11-14-8-13-9-16-17(27-12-26-16)10-15(13)21-18(14)24/h8-10H,4-7,11-12H2,1-3H3,(H,20,28)(H,21,24)/p+1. The molecule has 1 aromatic carbocycles. The van der Waals surface area contributed by atoms with Gasteiger partial charge in [0, 0.05) is 30.7 Å². The van der Waals surface area contributed by atoms with Crippen molar-refractivity contribution in [3.8, 4) is 11.5 Å². The number of benzene rings is 1. The number of aromatic nitrogens is 1. The molecule has 9 heteroatoms. The largest absolute Gasteiger partial charge is 0.454 e. The number of pyridine rings is 1. The van der Waals surface area contributed by atoms with Crippen LogP contribution in [0.15, 0.2) is 23.0 Å². The van der Waals surface area contributed by atoms with E-state index in [-0.39, 0.29) is 12.4 Å². The van der Waals surface area contributed by atoms with E-state index in [0.29, 0.717) is 41.9 Å². The van der Waals surface area contributed by atoms with E-state index < -0.39 is 0 Å². The van der Waals surface area contributed by atoms with Gasteiger partial charge in [-0.3, -0.25) is 4.79 Å². The van der Waals surface area contributed by atoms with Gasteiger partial charge >= 0.3 is 0 Å². The lowest BCUT2D eigenvalue weighted by Gasteiger charge is -2.26. The third-order valence-electron chi connectivity index (χ3n) is 4.53. The van der Waals surface area contributed by atoms with E-state index in [2.05, 4.69) is 24.4 Å². The van der Waals surface area contributed by atoms with Gasteiger partial charge in [-0.2, -0.15) is 0 Å². The molecule has 3 rings (SSSR count). The molecule has 0 spiro atoms. The van der Waals surface area contributed by atoms with Gasteiger partial charge in [-0.1, -0.05) is 0 Å². The summed E-state index contributed by atoms with van der Waals surface area (Å²) in [4.78, 5) is 18.9. The summed E-state index contributed by atoms with van der Waals surface area (Å²) in [5.74, 6) is 1.34. The third-order valence-corrected chi connectivity index (χ3v) is 4.93. The summed E-state index contributed by atoms with van der Waals surface area (Å²) in [5, 5.41) is 4.71. The first kappa shape index (κ1) is 20.4. The number of nitrogens with zero attached hydrogens (tertiary/aromatic N) is 1. The fourth-order valence-electron chi connectivity index (χ4n) is 2.95. The fraction of sp³-hybridized carbons (Fsp3) is 0.474. The number of ether oxygens (including phenoxy) is 3. The molecule has 0 amide bonds. The number of quaternary nitrogens is 1. The topological polar surface area (TPSA) is 80.3 Å². The van der Waals surface area contributed by atoms with Crippen molar-refractivity contribution in [3.05, 3.63) is 34.1 Å². The Morgan fingerprint density at radius 2 is 2.07 bits per heavy atom. The highest BCUT2D eigenvalue weighted by molar-refractivity contribution is 7.80. The average molecular weight is 408 g/mol. The Balaban J connectivity index is 1.82. The van der Waals surface area contributed by atoms with Crippen molar-refractivity contribution in [3.63, 3.8) is 0 Å². The normalized spacial score (nSPS) is 12.6. The molecule has 0 saturated heterocycles. The first-order chi connectivity index (χ1) is 13.5. The van der Waals surface area contributed by atoms with Crippen molar-refractivity contribution < 1.29 is 19.1 Å².